The molecule has 1 unspecified atom stereocenters. The second-order valence-electron chi connectivity index (χ2n) is 25.7. The molecule has 0 radical (unpaired) electrons. The van der Waals surface area contributed by atoms with Crippen LogP contribution in [0.1, 0.15) is 107 Å². The Hall–Kier alpha value is -1.92. The summed E-state index contributed by atoms with van der Waals surface area (Å²) in [6.07, 6.45) is -27.5. The van der Waals surface area contributed by atoms with Crippen LogP contribution in [0.4, 0.5) is 0 Å². The minimum atomic E-state index is -1.92. The molecular weight excluding hydrogens is 1000 g/mol. The van der Waals surface area contributed by atoms with E-state index < -0.39 is 188 Å². The maximum absolute atomic E-state index is 15.6. The van der Waals surface area contributed by atoms with Crippen LogP contribution < -0.4 is 0 Å². The number of carbonyl (C=O) groups excluding carboxylic acids is 2. The maximum Gasteiger partial charge on any atom is 0.322 e. The number of fused-ring (bicyclic) bond motifs is 7. The van der Waals surface area contributed by atoms with Gasteiger partial charge in [0, 0.05) is 23.2 Å². The van der Waals surface area contributed by atoms with Gasteiger partial charge in [-0.1, -0.05) is 53.2 Å². The molecule has 23 heteroatoms. The molecule has 4 saturated heterocycles. The smallest absolute Gasteiger partial charge is 0.322 e. The van der Waals surface area contributed by atoms with E-state index in [0.29, 0.717) is 32.1 Å². The van der Waals surface area contributed by atoms with Crippen molar-refractivity contribution in [3.63, 3.8) is 0 Å². The van der Waals surface area contributed by atoms with Crippen molar-refractivity contribution in [1.82, 2.24) is 0 Å². The first-order valence-corrected chi connectivity index (χ1v) is 27.2. The summed E-state index contributed by atoms with van der Waals surface area (Å²) in [4.78, 5) is 30.9. The number of hydrogen-bond donors (Lipinski definition) is 13. The molecule has 8 fully saturated rings. The minimum absolute atomic E-state index is 0.0476. The number of aliphatic hydroxyl groups is 13. The van der Waals surface area contributed by atoms with Crippen LogP contribution in [-0.4, -0.2) is 227 Å². The van der Waals surface area contributed by atoms with E-state index in [2.05, 4.69) is 40.7 Å². The van der Waals surface area contributed by atoms with Gasteiger partial charge in [0.1, 0.15) is 78.7 Å². The number of Topliss-reactive ketones (excluding diaryl/α,β-unsaturated/α-hetero) is 1. The number of ether oxygens (including phenoxy) is 8. The normalized spacial score (nSPS) is 55.3. The molecule has 76 heavy (non-hydrogen) atoms. The number of rotatable bonds is 10. The first-order chi connectivity index (χ1) is 35.5. The molecule has 0 spiro atoms. The van der Waals surface area contributed by atoms with Gasteiger partial charge in [0.2, 0.25) is 6.29 Å². The van der Waals surface area contributed by atoms with Crippen LogP contribution in [0.3, 0.4) is 0 Å². The summed E-state index contributed by atoms with van der Waals surface area (Å²) in [5.74, 6) is -2.35. The quantitative estimate of drug-likeness (QED) is 0.0477. The lowest BCUT2D eigenvalue weighted by Crippen LogP contribution is -2.70. The molecule has 0 amide bonds. The molecule has 4 heterocycles. The van der Waals surface area contributed by atoms with Crippen LogP contribution in [0.25, 0.3) is 0 Å². The van der Waals surface area contributed by atoms with E-state index in [0.717, 1.165) is 5.57 Å². The zero-order valence-corrected chi connectivity index (χ0v) is 44.6. The predicted molar refractivity (Wildman–Crippen MR) is 257 cm³/mol. The zero-order valence-electron chi connectivity index (χ0n) is 44.6. The van der Waals surface area contributed by atoms with Gasteiger partial charge in [0.25, 0.3) is 0 Å². The fourth-order valence-electron chi connectivity index (χ4n) is 16.1. The Balaban J connectivity index is 0.973. The molecule has 0 aromatic carbocycles. The third kappa shape index (κ3) is 9.10. The fraction of sp³-hybridized carbons (Fsp3) is 0.925. The average molecular weight is 1090 g/mol. The highest BCUT2D eigenvalue weighted by Gasteiger charge is 2.73. The molecule has 0 aromatic heterocycles. The van der Waals surface area contributed by atoms with Crippen LogP contribution in [0.15, 0.2) is 11.6 Å². The number of carbonyl (C=O) groups is 2. The Morgan fingerprint density at radius 2 is 1.26 bits per heavy atom. The van der Waals surface area contributed by atoms with Gasteiger partial charge in [-0.25, -0.2) is 0 Å². The second-order valence-corrected chi connectivity index (χ2v) is 25.7. The van der Waals surface area contributed by atoms with Crippen LogP contribution >= 0.6 is 0 Å². The summed E-state index contributed by atoms with van der Waals surface area (Å²) in [5, 5.41) is 141. The molecule has 4 aliphatic heterocycles. The summed E-state index contributed by atoms with van der Waals surface area (Å²) >= 11 is 0. The largest absolute Gasteiger partial charge is 0.432 e. The molecule has 29 atom stereocenters. The van der Waals surface area contributed by atoms with Crippen molar-refractivity contribution in [3.05, 3.63) is 11.6 Å². The Morgan fingerprint density at radius 1 is 0.645 bits per heavy atom. The second kappa shape index (κ2) is 20.8. The summed E-state index contributed by atoms with van der Waals surface area (Å²) in [6.45, 7) is 13.8. The summed E-state index contributed by atoms with van der Waals surface area (Å²) < 4.78 is 47.4. The van der Waals surface area contributed by atoms with Crippen molar-refractivity contribution in [2.75, 3.05) is 19.8 Å². The number of esters is 1. The third-order valence-electron chi connectivity index (χ3n) is 20.8. The van der Waals surface area contributed by atoms with E-state index in [1.165, 1.54) is 13.8 Å². The van der Waals surface area contributed by atoms with Crippen LogP contribution in [0.2, 0.25) is 0 Å². The molecule has 434 valence electrons. The van der Waals surface area contributed by atoms with Crippen LogP contribution in [-0.2, 0) is 47.5 Å². The maximum atomic E-state index is 15.6. The molecule has 5 aliphatic carbocycles. The number of hydrogen-bond acceptors (Lipinski definition) is 23. The van der Waals surface area contributed by atoms with E-state index in [1.54, 1.807) is 0 Å². The highest BCUT2D eigenvalue weighted by atomic mass is 16.8. The Bertz CT molecular complexity index is 2160. The summed E-state index contributed by atoms with van der Waals surface area (Å²) in [5.41, 5.74) is -4.32. The summed E-state index contributed by atoms with van der Waals surface area (Å²) in [6, 6.07) is 0. The molecule has 13 N–H and O–H groups in total. The van der Waals surface area contributed by atoms with Gasteiger partial charge in [0.05, 0.1) is 44.2 Å². The van der Waals surface area contributed by atoms with Crippen LogP contribution in [0.5, 0.6) is 0 Å². The van der Waals surface area contributed by atoms with Crippen molar-refractivity contribution in [2.24, 2.45) is 50.2 Å². The van der Waals surface area contributed by atoms with Gasteiger partial charge in [-0.15, -0.1) is 0 Å². The van der Waals surface area contributed by atoms with Gasteiger partial charge in [-0.05, 0) is 86.9 Å². The lowest BCUT2D eigenvalue weighted by Gasteiger charge is -2.71. The van der Waals surface area contributed by atoms with E-state index in [-0.39, 0.29) is 42.3 Å². The molecule has 9 aliphatic rings. The predicted octanol–water partition coefficient (Wildman–Crippen LogP) is -2.22. The monoisotopic (exact) mass is 1090 g/mol. The average Bonchev–Trinajstić information content (AvgIpc) is 3.36. The van der Waals surface area contributed by atoms with E-state index in [4.69, 9.17) is 37.9 Å². The SMILES string of the molecule is C[C@@H]1O[C@@H](O[C@H]2[C@H](OC(=O)[C@]34CCC(C)(C)C[C@@H]3C3=CC[C@@H]5[C@@]6(C)C[C@H](O)[C@H](O[C@@H]7O[C@H](CO)[C@@H](O)[C@H](O)[C@H]7O)[C@@](C)(CO)C6CC[C@@]5(C)[C@]3(C)CC4=O)O[C@H](C)[C@H](O)[C@@H]2O)[C@H](O)[C@H](O)[C@H]1O[C@@H]1OC[C@@H](O)[C@H](O)[C@H]1O. The Kier molecular flexibility index (Phi) is 16.1. The molecule has 4 saturated carbocycles. The van der Waals surface area contributed by atoms with Crippen molar-refractivity contribution >= 4 is 11.8 Å². The van der Waals surface area contributed by atoms with Crippen molar-refractivity contribution in [1.29, 1.82) is 0 Å². The van der Waals surface area contributed by atoms with E-state index >= 15 is 9.59 Å². The molecular formula is C53H84O23. The number of aliphatic hydroxyl groups excluding tert-OH is 13. The topological polar surface area (TPSA) is 371 Å². The molecule has 9 rings (SSSR count). The minimum Gasteiger partial charge on any atom is -0.432 e. The third-order valence-corrected chi connectivity index (χ3v) is 20.8. The molecule has 23 nitrogen and oxygen atoms in total. The van der Waals surface area contributed by atoms with Crippen molar-refractivity contribution < 1.29 is 114 Å². The fourth-order valence-corrected chi connectivity index (χ4v) is 16.1. The lowest BCUT2D eigenvalue weighted by molar-refractivity contribution is -0.373. The Morgan fingerprint density at radius 3 is 1.93 bits per heavy atom. The van der Waals surface area contributed by atoms with E-state index in [1.807, 2.05) is 6.92 Å². The van der Waals surface area contributed by atoms with E-state index in [9.17, 15) is 66.4 Å². The Labute approximate surface area is 442 Å². The highest BCUT2D eigenvalue weighted by molar-refractivity contribution is 6.06. The number of allylic oxidation sites excluding steroid dienone is 2. The molecule has 0 aromatic rings. The van der Waals surface area contributed by atoms with Crippen molar-refractivity contribution in [3.8, 4) is 0 Å². The standard InChI is InChI=1S/C53H84O23/c1-21-31(59)35(63)41(74-44-39(67)36(64)40(22(2)71-44)73-43-37(65)32(60)26(57)19-69-43)46(70-21)76-47(68)53-14-13-48(3,4)15-24(53)23-9-10-29-49(5)16-25(56)42(75-45-38(66)34(62)33(61)27(18-54)72-45)50(6,20-55)28(49)11-12-51(29,7)52(23,8)17-30(53)58/h9,21-22,24-29,31-46,54-57,59-67H,10-20H2,1-8H3/t21-,22+,24-,25+,26-,27-,28?,29-,31+,32+,33-,34+,35+,36+,37-,38-,39-,40+,41-,42+,43+,44+,45+,46+,49+,50+,51-,52-,53-/m1/s1. The van der Waals surface area contributed by atoms with Gasteiger partial charge < -0.3 is 104 Å². The number of ketones is 1. The van der Waals surface area contributed by atoms with Gasteiger partial charge in [-0.2, -0.15) is 0 Å². The van der Waals surface area contributed by atoms with Gasteiger partial charge in [-0.3, -0.25) is 9.59 Å². The van der Waals surface area contributed by atoms with Crippen LogP contribution in [0, 0.1) is 50.2 Å². The zero-order chi connectivity index (χ0) is 55.7. The van der Waals surface area contributed by atoms with Gasteiger partial charge in [0.15, 0.2) is 30.8 Å². The first kappa shape index (κ1) is 58.7. The molecule has 0 bridgehead atoms. The first-order valence-electron chi connectivity index (χ1n) is 27.2. The summed E-state index contributed by atoms with van der Waals surface area (Å²) in [7, 11) is 0. The lowest BCUT2D eigenvalue weighted by atomic mass is 9.33. The van der Waals surface area contributed by atoms with Gasteiger partial charge >= 0.3 is 5.97 Å². The van der Waals surface area contributed by atoms with Crippen molar-refractivity contribution in [2.45, 2.75) is 236 Å². The highest BCUT2D eigenvalue weighted by Crippen LogP contribution is 2.75.